The predicted octanol–water partition coefficient (Wildman–Crippen LogP) is 4.00. The van der Waals surface area contributed by atoms with E-state index in [9.17, 15) is 9.18 Å². The number of carbonyl (C=O) groups is 1. The zero-order valence-corrected chi connectivity index (χ0v) is 13.3. The summed E-state index contributed by atoms with van der Waals surface area (Å²) >= 11 is 3.27. The van der Waals surface area contributed by atoms with Crippen LogP contribution in [0.15, 0.2) is 22.7 Å². The van der Waals surface area contributed by atoms with Crippen LogP contribution in [0, 0.1) is 22.6 Å². The summed E-state index contributed by atoms with van der Waals surface area (Å²) in [7, 11) is 0. The van der Waals surface area contributed by atoms with Crippen molar-refractivity contribution in [1.82, 2.24) is 5.32 Å². The number of halogens is 2. The van der Waals surface area contributed by atoms with Crippen LogP contribution in [0.4, 0.5) is 4.39 Å². The van der Waals surface area contributed by atoms with Gasteiger partial charge in [-0.1, -0.05) is 27.7 Å². The van der Waals surface area contributed by atoms with Crippen molar-refractivity contribution in [1.29, 1.82) is 0 Å². The Hall–Kier alpha value is -0.900. The molecule has 2 rings (SSSR count). The topological polar surface area (TPSA) is 29.1 Å². The summed E-state index contributed by atoms with van der Waals surface area (Å²) in [6.07, 6.45) is 0. The fourth-order valence-corrected chi connectivity index (χ4v) is 3.23. The van der Waals surface area contributed by atoms with Crippen LogP contribution in [0.2, 0.25) is 0 Å². The molecule has 0 spiro atoms. The first-order chi connectivity index (χ1) is 8.68. The van der Waals surface area contributed by atoms with Gasteiger partial charge in [-0.2, -0.15) is 0 Å². The zero-order valence-electron chi connectivity index (χ0n) is 11.7. The van der Waals surface area contributed by atoms with Crippen LogP contribution in [0.1, 0.15) is 38.1 Å². The number of benzene rings is 1. The first-order valence-corrected chi connectivity index (χ1v) is 7.20. The van der Waals surface area contributed by atoms with Crippen LogP contribution in [-0.2, 0) is 0 Å². The van der Waals surface area contributed by atoms with Crippen LogP contribution >= 0.6 is 15.9 Å². The van der Waals surface area contributed by atoms with E-state index in [4.69, 9.17) is 0 Å². The lowest BCUT2D eigenvalue weighted by atomic mass is 10.0. The Kier molecular flexibility index (Phi) is 3.50. The molecule has 1 aromatic rings. The minimum Gasteiger partial charge on any atom is -0.352 e. The molecule has 0 saturated heterocycles. The van der Waals surface area contributed by atoms with E-state index in [-0.39, 0.29) is 16.7 Å². The van der Waals surface area contributed by atoms with E-state index in [1.807, 2.05) is 0 Å². The summed E-state index contributed by atoms with van der Waals surface area (Å²) in [5.41, 5.74) is 0.815. The number of carbonyl (C=O) groups excluding carboxylic acids is 1. The third kappa shape index (κ3) is 2.42. The Morgan fingerprint density at radius 2 is 1.89 bits per heavy atom. The van der Waals surface area contributed by atoms with Gasteiger partial charge in [0.15, 0.2) is 0 Å². The first-order valence-electron chi connectivity index (χ1n) is 6.41. The van der Waals surface area contributed by atoms with Crippen molar-refractivity contribution >= 4 is 21.8 Å². The monoisotopic (exact) mass is 327 g/mol. The van der Waals surface area contributed by atoms with Crippen molar-refractivity contribution in [2.45, 2.75) is 27.7 Å². The average Bonchev–Trinajstić information content (AvgIpc) is 2.70. The van der Waals surface area contributed by atoms with Gasteiger partial charge in [-0.15, -0.1) is 0 Å². The number of hydrogen-bond donors (Lipinski definition) is 1. The van der Waals surface area contributed by atoms with E-state index < -0.39 is 5.82 Å². The molecule has 1 aliphatic rings. The lowest BCUT2D eigenvalue weighted by molar-refractivity contribution is 0.0948. The van der Waals surface area contributed by atoms with Crippen LogP contribution in [0.3, 0.4) is 0 Å². The van der Waals surface area contributed by atoms with Crippen LogP contribution in [-0.4, -0.2) is 12.5 Å². The highest BCUT2D eigenvalue weighted by Gasteiger charge is 2.64. The second-order valence-corrected chi connectivity index (χ2v) is 7.18. The van der Waals surface area contributed by atoms with E-state index in [0.717, 1.165) is 0 Å². The normalized spacial score (nSPS) is 20.1. The Labute approximate surface area is 121 Å². The molecule has 0 aliphatic heterocycles. The Balaban J connectivity index is 2.02. The molecule has 1 saturated carbocycles. The first kappa shape index (κ1) is 14.5. The summed E-state index contributed by atoms with van der Waals surface area (Å²) < 4.78 is 13.8. The Morgan fingerprint density at radius 1 is 1.32 bits per heavy atom. The van der Waals surface area contributed by atoms with Crippen molar-refractivity contribution in [3.05, 3.63) is 34.1 Å². The maximum absolute atomic E-state index is 13.2. The molecule has 1 aromatic carbocycles. The average molecular weight is 328 g/mol. The number of hydrogen-bond acceptors (Lipinski definition) is 1. The standard InChI is InChI=1S/C15H19BrFNO/c1-14(2)12(15(14,3)4)8-18-13(19)10-7-9(17)5-6-11(10)16/h5-7,12H,8H2,1-4H3,(H,18,19). The number of amides is 1. The summed E-state index contributed by atoms with van der Waals surface area (Å²) in [6.45, 7) is 9.47. The zero-order chi connectivity index (χ0) is 14.4. The Bertz CT molecular complexity index is 511. The van der Waals surface area contributed by atoms with Gasteiger partial charge in [-0.05, 0) is 50.9 Å². The van der Waals surface area contributed by atoms with Gasteiger partial charge in [0.25, 0.3) is 5.91 Å². The molecule has 104 valence electrons. The molecule has 4 heteroatoms. The van der Waals surface area contributed by atoms with E-state index in [0.29, 0.717) is 22.5 Å². The second-order valence-electron chi connectivity index (χ2n) is 6.33. The molecule has 0 bridgehead atoms. The molecule has 0 radical (unpaired) electrons. The highest BCUT2D eigenvalue weighted by atomic mass is 79.9. The molecule has 2 nitrogen and oxygen atoms in total. The third-order valence-electron chi connectivity index (χ3n) is 4.96. The molecule has 1 amide bonds. The van der Waals surface area contributed by atoms with Gasteiger partial charge < -0.3 is 5.32 Å². The molecule has 0 atom stereocenters. The van der Waals surface area contributed by atoms with Gasteiger partial charge in [0, 0.05) is 11.0 Å². The molecule has 0 aromatic heterocycles. The summed E-state index contributed by atoms with van der Waals surface area (Å²) in [5, 5.41) is 2.90. The molecule has 1 aliphatic carbocycles. The maximum Gasteiger partial charge on any atom is 0.252 e. The van der Waals surface area contributed by atoms with Crippen molar-refractivity contribution in [2.24, 2.45) is 16.7 Å². The van der Waals surface area contributed by atoms with E-state index in [2.05, 4.69) is 48.9 Å². The van der Waals surface area contributed by atoms with E-state index in [1.165, 1.54) is 12.1 Å². The quantitative estimate of drug-likeness (QED) is 0.893. The van der Waals surface area contributed by atoms with Gasteiger partial charge in [0.1, 0.15) is 5.82 Å². The summed E-state index contributed by atoms with van der Waals surface area (Å²) in [6, 6.07) is 4.13. The molecule has 1 fully saturated rings. The minimum atomic E-state index is -0.402. The van der Waals surface area contributed by atoms with Crippen LogP contribution in [0.25, 0.3) is 0 Å². The van der Waals surface area contributed by atoms with Crippen LogP contribution < -0.4 is 5.32 Å². The summed E-state index contributed by atoms with van der Waals surface area (Å²) in [4.78, 5) is 12.1. The van der Waals surface area contributed by atoms with Gasteiger partial charge in [0.05, 0.1) is 5.56 Å². The molecule has 0 unspecified atom stereocenters. The predicted molar refractivity (Wildman–Crippen MR) is 77.5 cm³/mol. The molecule has 19 heavy (non-hydrogen) atoms. The second kappa shape index (κ2) is 4.58. The van der Waals surface area contributed by atoms with E-state index in [1.54, 1.807) is 6.07 Å². The molecule has 1 N–H and O–H groups in total. The lowest BCUT2D eigenvalue weighted by Crippen LogP contribution is -2.27. The van der Waals surface area contributed by atoms with Crippen LogP contribution in [0.5, 0.6) is 0 Å². The SMILES string of the molecule is CC1(C)C(CNC(=O)c2cc(F)ccc2Br)C1(C)C. The summed E-state index contributed by atoms with van der Waals surface area (Å²) in [5.74, 6) is -0.179. The van der Waals surface area contributed by atoms with Crippen molar-refractivity contribution < 1.29 is 9.18 Å². The fraction of sp³-hybridized carbons (Fsp3) is 0.533. The lowest BCUT2D eigenvalue weighted by Gasteiger charge is -2.08. The molecular formula is C15H19BrFNO. The van der Waals surface area contributed by atoms with Crippen molar-refractivity contribution in [3.63, 3.8) is 0 Å². The van der Waals surface area contributed by atoms with Crippen molar-refractivity contribution in [2.75, 3.05) is 6.54 Å². The van der Waals surface area contributed by atoms with Crippen molar-refractivity contribution in [3.8, 4) is 0 Å². The third-order valence-corrected chi connectivity index (χ3v) is 5.65. The van der Waals surface area contributed by atoms with Gasteiger partial charge >= 0.3 is 0 Å². The minimum absolute atomic E-state index is 0.232. The highest BCUT2D eigenvalue weighted by molar-refractivity contribution is 9.10. The maximum atomic E-state index is 13.2. The number of rotatable bonds is 3. The van der Waals surface area contributed by atoms with Gasteiger partial charge in [-0.25, -0.2) is 4.39 Å². The molecular weight excluding hydrogens is 309 g/mol. The molecule has 0 heterocycles. The largest absolute Gasteiger partial charge is 0.352 e. The Morgan fingerprint density at radius 3 is 2.42 bits per heavy atom. The smallest absolute Gasteiger partial charge is 0.252 e. The van der Waals surface area contributed by atoms with Gasteiger partial charge in [-0.3, -0.25) is 4.79 Å². The fourth-order valence-electron chi connectivity index (χ4n) is 2.80. The van der Waals surface area contributed by atoms with E-state index >= 15 is 0 Å². The van der Waals surface area contributed by atoms with Gasteiger partial charge in [0.2, 0.25) is 0 Å². The number of nitrogens with one attached hydrogen (secondary N) is 1. The highest BCUT2D eigenvalue weighted by Crippen LogP contribution is 2.67.